The molecular weight excluding hydrogens is 232 g/mol. The van der Waals surface area contributed by atoms with E-state index < -0.39 is 0 Å². The lowest BCUT2D eigenvalue weighted by atomic mass is 10.3. The zero-order valence-corrected chi connectivity index (χ0v) is 9.58. The highest BCUT2D eigenvalue weighted by molar-refractivity contribution is 5.80. The Kier molecular flexibility index (Phi) is 2.30. The molecule has 90 valence electrons. The van der Waals surface area contributed by atoms with Gasteiger partial charge in [0, 0.05) is 6.20 Å². The number of fused-ring (bicyclic) bond motifs is 1. The van der Waals surface area contributed by atoms with Gasteiger partial charge in [0.15, 0.2) is 11.4 Å². The lowest BCUT2D eigenvalue weighted by molar-refractivity contribution is 0.463. The minimum Gasteiger partial charge on any atom is -0.436 e. The van der Waals surface area contributed by atoms with E-state index in [0.29, 0.717) is 22.7 Å². The van der Waals surface area contributed by atoms with Crippen molar-refractivity contribution in [1.29, 1.82) is 0 Å². The van der Waals surface area contributed by atoms with Gasteiger partial charge in [0.2, 0.25) is 11.8 Å². The number of nitrogens with two attached hydrogens (primary N) is 1. The van der Waals surface area contributed by atoms with Gasteiger partial charge in [-0.15, -0.1) is 0 Å². The van der Waals surface area contributed by atoms with E-state index in [2.05, 4.69) is 25.1 Å². The Balaban J connectivity index is 2.10. The second kappa shape index (κ2) is 3.95. The van der Waals surface area contributed by atoms with Gasteiger partial charge in [-0.3, -0.25) is 10.1 Å². The Morgan fingerprint density at radius 2 is 2.22 bits per heavy atom. The van der Waals surface area contributed by atoms with Crippen molar-refractivity contribution >= 4 is 17.0 Å². The van der Waals surface area contributed by atoms with Crippen LogP contribution in [0.4, 0.5) is 5.95 Å². The minimum absolute atomic E-state index is 0.128. The minimum atomic E-state index is 0.128. The average Bonchev–Trinajstić information content (AvgIpc) is 2.80. The van der Waals surface area contributed by atoms with Crippen LogP contribution in [-0.4, -0.2) is 25.1 Å². The first-order chi connectivity index (χ1) is 8.74. The Bertz CT molecular complexity index is 708. The summed E-state index contributed by atoms with van der Waals surface area (Å²) in [5.41, 5.74) is 6.92. The first kappa shape index (κ1) is 10.5. The van der Waals surface area contributed by atoms with E-state index >= 15 is 0 Å². The molecule has 0 saturated heterocycles. The number of aryl methyl sites for hydroxylation is 1. The highest BCUT2D eigenvalue weighted by Gasteiger charge is 2.11. The molecule has 0 radical (unpaired) electrons. The third kappa shape index (κ3) is 1.71. The molecule has 0 unspecified atom stereocenters. The number of hydrogen-bond acceptors (Lipinski definition) is 6. The predicted octanol–water partition coefficient (Wildman–Crippen LogP) is 1.43. The van der Waals surface area contributed by atoms with Crippen LogP contribution < -0.4 is 10.5 Å². The number of rotatable bonds is 2. The zero-order chi connectivity index (χ0) is 12.5. The highest BCUT2D eigenvalue weighted by atomic mass is 16.5. The van der Waals surface area contributed by atoms with Gasteiger partial charge in [-0.2, -0.15) is 15.1 Å². The van der Waals surface area contributed by atoms with Crippen molar-refractivity contribution in [3.63, 3.8) is 0 Å². The number of nitrogen functional groups attached to an aromatic ring is 1. The summed E-state index contributed by atoms with van der Waals surface area (Å²) >= 11 is 0. The molecule has 0 bridgehead atoms. The van der Waals surface area contributed by atoms with Crippen molar-refractivity contribution < 1.29 is 4.74 Å². The van der Waals surface area contributed by atoms with Crippen molar-refractivity contribution in [2.75, 3.05) is 5.73 Å². The molecule has 0 atom stereocenters. The lowest BCUT2D eigenvalue weighted by Gasteiger charge is -2.07. The van der Waals surface area contributed by atoms with Crippen LogP contribution >= 0.6 is 0 Å². The van der Waals surface area contributed by atoms with Crippen molar-refractivity contribution in [2.24, 2.45) is 0 Å². The molecule has 3 aromatic heterocycles. The average molecular weight is 242 g/mol. The van der Waals surface area contributed by atoms with E-state index in [9.17, 15) is 0 Å². The van der Waals surface area contributed by atoms with E-state index in [1.807, 2.05) is 13.0 Å². The third-order valence-corrected chi connectivity index (χ3v) is 2.46. The van der Waals surface area contributed by atoms with Gasteiger partial charge in [0.25, 0.3) is 0 Å². The van der Waals surface area contributed by atoms with Crippen LogP contribution in [0.1, 0.15) is 5.69 Å². The monoisotopic (exact) mass is 242 g/mol. The maximum atomic E-state index is 5.71. The summed E-state index contributed by atoms with van der Waals surface area (Å²) in [6.45, 7) is 1.85. The van der Waals surface area contributed by atoms with Gasteiger partial charge in [-0.25, -0.2) is 0 Å². The Labute approximate surface area is 102 Å². The summed E-state index contributed by atoms with van der Waals surface area (Å²) in [5, 5.41) is 7.29. The molecule has 18 heavy (non-hydrogen) atoms. The number of H-pyrrole nitrogens is 1. The standard InChI is InChI=1S/C11H10N6O/c1-6-8(3-2-4-13-6)18-10-7-5-14-17-9(7)15-11(12)16-10/h2-5H,1H3,(H3,12,14,15,16,17). The lowest BCUT2D eigenvalue weighted by Crippen LogP contribution is -1.99. The molecule has 3 N–H and O–H groups in total. The second-order valence-corrected chi connectivity index (χ2v) is 3.71. The summed E-state index contributed by atoms with van der Waals surface area (Å²) in [6.07, 6.45) is 3.29. The van der Waals surface area contributed by atoms with E-state index in [0.717, 1.165) is 5.69 Å². The summed E-state index contributed by atoms with van der Waals surface area (Å²) in [6, 6.07) is 3.60. The molecule has 0 aliphatic heterocycles. The van der Waals surface area contributed by atoms with Gasteiger partial charge < -0.3 is 10.5 Å². The molecular formula is C11H10N6O. The van der Waals surface area contributed by atoms with Crippen LogP contribution in [0, 0.1) is 6.92 Å². The fourth-order valence-corrected chi connectivity index (χ4v) is 1.58. The maximum absolute atomic E-state index is 5.71. The molecule has 3 rings (SSSR count). The van der Waals surface area contributed by atoms with E-state index in [4.69, 9.17) is 10.5 Å². The van der Waals surface area contributed by atoms with Crippen LogP contribution in [-0.2, 0) is 0 Å². The molecule has 0 aromatic carbocycles. The molecule has 3 heterocycles. The summed E-state index contributed by atoms with van der Waals surface area (Å²) in [5.74, 6) is 1.11. The number of ether oxygens (including phenoxy) is 1. The Morgan fingerprint density at radius 1 is 1.33 bits per heavy atom. The molecule has 0 aliphatic carbocycles. The number of aromatic amines is 1. The molecule has 3 aromatic rings. The number of pyridine rings is 1. The summed E-state index contributed by atoms with van der Waals surface area (Å²) < 4.78 is 5.71. The van der Waals surface area contributed by atoms with E-state index in [1.54, 1.807) is 18.5 Å². The van der Waals surface area contributed by atoms with E-state index in [1.165, 1.54) is 0 Å². The fraction of sp³-hybridized carbons (Fsp3) is 0.0909. The number of nitrogens with one attached hydrogen (secondary N) is 1. The summed E-state index contributed by atoms with van der Waals surface area (Å²) in [4.78, 5) is 12.2. The van der Waals surface area contributed by atoms with Gasteiger partial charge in [-0.1, -0.05) is 0 Å². The zero-order valence-electron chi connectivity index (χ0n) is 9.58. The molecule has 0 aliphatic rings. The van der Waals surface area contributed by atoms with Crippen molar-refractivity contribution in [3.8, 4) is 11.6 Å². The SMILES string of the molecule is Cc1ncccc1Oc1nc(N)nc2[nH]ncc12. The van der Waals surface area contributed by atoms with Crippen LogP contribution in [0.15, 0.2) is 24.5 Å². The molecule has 0 spiro atoms. The van der Waals surface area contributed by atoms with Crippen LogP contribution in [0.5, 0.6) is 11.6 Å². The summed E-state index contributed by atoms with van der Waals surface area (Å²) in [7, 11) is 0. The van der Waals surface area contributed by atoms with Gasteiger partial charge in [-0.05, 0) is 19.1 Å². The number of nitrogens with zero attached hydrogens (tertiary/aromatic N) is 4. The first-order valence-corrected chi connectivity index (χ1v) is 5.30. The van der Waals surface area contributed by atoms with Gasteiger partial charge >= 0.3 is 0 Å². The topological polar surface area (TPSA) is 103 Å². The molecule has 0 fully saturated rings. The molecule has 0 amide bonds. The first-order valence-electron chi connectivity index (χ1n) is 5.30. The van der Waals surface area contributed by atoms with Gasteiger partial charge in [0.1, 0.15) is 5.39 Å². The molecule has 7 nitrogen and oxygen atoms in total. The Hall–Kier alpha value is -2.70. The molecule has 7 heteroatoms. The molecule has 0 saturated carbocycles. The normalized spacial score (nSPS) is 10.7. The van der Waals surface area contributed by atoms with Crippen LogP contribution in [0.25, 0.3) is 11.0 Å². The van der Waals surface area contributed by atoms with Crippen molar-refractivity contribution in [3.05, 3.63) is 30.2 Å². The largest absolute Gasteiger partial charge is 0.436 e. The maximum Gasteiger partial charge on any atom is 0.235 e. The van der Waals surface area contributed by atoms with E-state index in [-0.39, 0.29) is 5.95 Å². The van der Waals surface area contributed by atoms with Crippen LogP contribution in [0.3, 0.4) is 0 Å². The number of aromatic nitrogens is 5. The smallest absolute Gasteiger partial charge is 0.235 e. The van der Waals surface area contributed by atoms with Gasteiger partial charge in [0.05, 0.1) is 11.9 Å². The predicted molar refractivity (Wildman–Crippen MR) is 65.1 cm³/mol. The highest BCUT2D eigenvalue weighted by Crippen LogP contribution is 2.27. The fourth-order valence-electron chi connectivity index (χ4n) is 1.58. The van der Waals surface area contributed by atoms with Crippen LogP contribution in [0.2, 0.25) is 0 Å². The second-order valence-electron chi connectivity index (χ2n) is 3.71. The van der Waals surface area contributed by atoms with Crippen molar-refractivity contribution in [1.82, 2.24) is 25.1 Å². The number of anilines is 1. The number of hydrogen-bond donors (Lipinski definition) is 2. The quantitative estimate of drug-likeness (QED) is 0.704. The third-order valence-electron chi connectivity index (χ3n) is 2.46. The Morgan fingerprint density at radius 3 is 3.06 bits per heavy atom. The van der Waals surface area contributed by atoms with Crippen molar-refractivity contribution in [2.45, 2.75) is 6.92 Å².